The Balaban J connectivity index is 1.28. The van der Waals surface area contributed by atoms with Crippen molar-refractivity contribution in [3.63, 3.8) is 0 Å². The molecule has 0 saturated heterocycles. The molecule has 1 atom stereocenters. The number of carbonyl (C=O) groups excluding carboxylic acids is 2. The van der Waals surface area contributed by atoms with Crippen molar-refractivity contribution < 1.29 is 19.8 Å². The minimum Gasteiger partial charge on any atom is -0.506 e. The first-order valence-electron chi connectivity index (χ1n) is 13.9. The van der Waals surface area contributed by atoms with Crippen LogP contribution < -0.4 is 33.2 Å². The summed E-state index contributed by atoms with van der Waals surface area (Å²) in [5.74, 6) is -0.985. The van der Waals surface area contributed by atoms with Gasteiger partial charge in [0.1, 0.15) is 5.75 Å². The standard InChI is InChI=1S/C29H38ClN9O4/c30-25-27(32)38-26(31)24(37-25)28(43)39-29(33)35-14-4-2-6-19-9-7-18(8-10-19)5-1-3-13-34-16-23(42)20-11-12-22(41)21(15-20)36-17-40/h7-12,15,17,23,34,41-42H,1-6,13-14,16H2,(H,36,40)(H4,31,32,38)(H3,33,35,39,43). The number of aliphatic imine (C=N–C) groups is 1. The first kappa shape index (κ1) is 33.0. The van der Waals surface area contributed by atoms with Gasteiger partial charge in [-0.1, -0.05) is 41.9 Å². The highest BCUT2D eigenvalue weighted by molar-refractivity contribution is 6.31. The van der Waals surface area contributed by atoms with E-state index in [0.717, 1.165) is 45.1 Å². The van der Waals surface area contributed by atoms with Crippen LogP contribution in [-0.2, 0) is 17.6 Å². The number of rotatable bonds is 16. The number of aliphatic hydroxyl groups is 1. The van der Waals surface area contributed by atoms with Crippen LogP contribution in [0, 0.1) is 0 Å². The molecule has 0 aliphatic heterocycles. The molecule has 13 nitrogen and oxygen atoms in total. The van der Waals surface area contributed by atoms with Gasteiger partial charge in [0.25, 0.3) is 5.91 Å². The lowest BCUT2D eigenvalue weighted by atomic mass is 10.0. The van der Waals surface area contributed by atoms with Gasteiger partial charge < -0.3 is 38.0 Å². The number of halogens is 1. The summed E-state index contributed by atoms with van der Waals surface area (Å²) in [4.78, 5) is 34.7. The summed E-state index contributed by atoms with van der Waals surface area (Å²) < 4.78 is 0. The number of unbranched alkanes of at least 4 members (excludes halogenated alkanes) is 2. The van der Waals surface area contributed by atoms with E-state index in [1.54, 1.807) is 12.1 Å². The Labute approximate surface area is 255 Å². The van der Waals surface area contributed by atoms with Crippen LogP contribution in [0.4, 0.5) is 17.3 Å². The first-order valence-corrected chi connectivity index (χ1v) is 14.2. The van der Waals surface area contributed by atoms with Gasteiger partial charge in [0, 0.05) is 13.1 Å². The van der Waals surface area contributed by atoms with E-state index in [4.69, 9.17) is 28.8 Å². The predicted molar refractivity (Wildman–Crippen MR) is 168 cm³/mol. The summed E-state index contributed by atoms with van der Waals surface area (Å²) >= 11 is 5.80. The largest absolute Gasteiger partial charge is 0.506 e. The van der Waals surface area contributed by atoms with Crippen molar-refractivity contribution in [2.75, 3.05) is 36.4 Å². The molecule has 2 aromatic carbocycles. The van der Waals surface area contributed by atoms with Gasteiger partial charge in [-0.15, -0.1) is 0 Å². The van der Waals surface area contributed by atoms with Gasteiger partial charge in [0.2, 0.25) is 6.41 Å². The van der Waals surface area contributed by atoms with Crippen LogP contribution in [0.15, 0.2) is 47.5 Å². The Hall–Kier alpha value is -4.46. The number of aromatic hydroxyl groups is 1. The number of phenols is 1. The number of amides is 2. The first-order chi connectivity index (χ1) is 20.7. The van der Waals surface area contributed by atoms with Crippen molar-refractivity contribution in [1.29, 1.82) is 0 Å². The van der Waals surface area contributed by atoms with Crippen molar-refractivity contribution in [3.8, 4) is 5.75 Å². The van der Waals surface area contributed by atoms with Crippen LogP contribution in [0.2, 0.25) is 5.15 Å². The normalized spacial score (nSPS) is 12.1. The van der Waals surface area contributed by atoms with Crippen molar-refractivity contribution in [3.05, 3.63) is 70.0 Å². The Bertz CT molecular complexity index is 1400. The summed E-state index contributed by atoms with van der Waals surface area (Å²) in [5, 5.41) is 28.1. The lowest BCUT2D eigenvalue weighted by molar-refractivity contribution is -0.105. The summed E-state index contributed by atoms with van der Waals surface area (Å²) in [6.45, 7) is 1.59. The Morgan fingerprint density at radius 1 is 1.00 bits per heavy atom. The molecular formula is C29H38ClN9O4. The highest BCUT2D eigenvalue weighted by Gasteiger charge is 2.16. The molecule has 0 aliphatic rings. The van der Waals surface area contributed by atoms with Gasteiger partial charge in [-0.05, 0) is 73.9 Å². The molecule has 3 aromatic rings. The summed E-state index contributed by atoms with van der Waals surface area (Å²) in [5.41, 5.74) is 20.2. The molecule has 0 fully saturated rings. The van der Waals surface area contributed by atoms with Gasteiger partial charge >= 0.3 is 0 Å². The number of nitrogen functional groups attached to an aromatic ring is 2. The minimum atomic E-state index is -0.749. The maximum absolute atomic E-state index is 12.3. The Kier molecular flexibility index (Phi) is 12.9. The topological polar surface area (TPSA) is 227 Å². The third-order valence-electron chi connectivity index (χ3n) is 6.57. The number of hydrogen-bond donors (Lipinski definition) is 8. The van der Waals surface area contributed by atoms with Crippen molar-refractivity contribution in [2.45, 2.75) is 44.6 Å². The van der Waals surface area contributed by atoms with E-state index in [-0.39, 0.29) is 39.9 Å². The molecule has 1 aromatic heterocycles. The number of anilines is 3. The molecule has 1 unspecified atom stereocenters. The number of aliphatic hydroxyl groups excluding tert-OH is 1. The number of nitrogens with one attached hydrogen (secondary N) is 3. The second-order valence-corrected chi connectivity index (χ2v) is 10.2. The van der Waals surface area contributed by atoms with Gasteiger partial charge in [0.15, 0.2) is 28.4 Å². The second-order valence-electron chi connectivity index (χ2n) is 9.84. The van der Waals surface area contributed by atoms with Crippen molar-refractivity contribution in [1.82, 2.24) is 20.6 Å². The fraction of sp³-hybridized carbons (Fsp3) is 0.345. The molecule has 11 N–H and O–H groups in total. The number of hydrogen-bond acceptors (Lipinski definition) is 10. The highest BCUT2D eigenvalue weighted by atomic mass is 35.5. The van der Waals surface area contributed by atoms with Crippen LogP contribution >= 0.6 is 11.6 Å². The molecular weight excluding hydrogens is 574 g/mol. The lowest BCUT2D eigenvalue weighted by Gasteiger charge is -2.14. The van der Waals surface area contributed by atoms with Gasteiger partial charge in [-0.25, -0.2) is 9.97 Å². The van der Waals surface area contributed by atoms with E-state index in [9.17, 15) is 19.8 Å². The van der Waals surface area contributed by atoms with Crippen LogP contribution in [-0.4, -0.2) is 58.1 Å². The number of aromatic nitrogens is 2. The average Bonchev–Trinajstić information content (AvgIpc) is 2.98. The maximum atomic E-state index is 12.3. The number of guanidine groups is 1. The molecule has 230 valence electrons. The predicted octanol–water partition coefficient (Wildman–Crippen LogP) is 2.28. The molecule has 0 saturated carbocycles. The van der Waals surface area contributed by atoms with Crippen LogP contribution in [0.1, 0.15) is 59.0 Å². The lowest BCUT2D eigenvalue weighted by Crippen LogP contribution is -2.38. The van der Waals surface area contributed by atoms with Crippen LogP contribution in [0.5, 0.6) is 5.75 Å². The number of phenolic OH excluding ortho intramolecular Hbond substituents is 1. The van der Waals surface area contributed by atoms with E-state index >= 15 is 0 Å². The number of benzene rings is 2. The number of aryl methyl sites for hydroxylation is 2. The molecule has 0 bridgehead atoms. The minimum absolute atomic E-state index is 0.0468. The molecule has 1 heterocycles. The monoisotopic (exact) mass is 611 g/mol. The average molecular weight is 612 g/mol. The smallest absolute Gasteiger partial charge is 0.280 e. The molecule has 3 rings (SSSR count). The molecule has 0 radical (unpaired) electrons. The zero-order valence-electron chi connectivity index (χ0n) is 23.7. The van der Waals surface area contributed by atoms with E-state index in [0.29, 0.717) is 25.1 Å². The molecule has 0 aliphatic carbocycles. The molecule has 14 heteroatoms. The maximum Gasteiger partial charge on any atom is 0.280 e. The van der Waals surface area contributed by atoms with E-state index in [1.807, 2.05) is 0 Å². The molecule has 2 amide bonds. The van der Waals surface area contributed by atoms with Crippen LogP contribution in [0.25, 0.3) is 0 Å². The zero-order chi connectivity index (χ0) is 31.2. The Morgan fingerprint density at radius 2 is 1.67 bits per heavy atom. The van der Waals surface area contributed by atoms with Gasteiger partial charge in [0.05, 0.1) is 11.8 Å². The highest BCUT2D eigenvalue weighted by Crippen LogP contribution is 2.26. The van der Waals surface area contributed by atoms with Crippen LogP contribution in [0.3, 0.4) is 0 Å². The summed E-state index contributed by atoms with van der Waals surface area (Å²) in [6.07, 6.45) is 5.26. The van der Waals surface area contributed by atoms with E-state index < -0.39 is 12.0 Å². The van der Waals surface area contributed by atoms with E-state index in [2.05, 4.69) is 55.2 Å². The summed E-state index contributed by atoms with van der Waals surface area (Å²) in [7, 11) is 0. The second kappa shape index (κ2) is 16.9. The van der Waals surface area contributed by atoms with Crippen molar-refractivity contribution in [2.24, 2.45) is 10.7 Å². The van der Waals surface area contributed by atoms with E-state index in [1.165, 1.54) is 17.2 Å². The fourth-order valence-corrected chi connectivity index (χ4v) is 4.34. The number of carbonyl (C=O) groups is 2. The number of nitrogens with zero attached hydrogens (tertiary/aromatic N) is 3. The van der Waals surface area contributed by atoms with Gasteiger partial charge in [-0.2, -0.15) is 0 Å². The zero-order valence-corrected chi connectivity index (χ0v) is 24.5. The Morgan fingerprint density at radius 3 is 2.35 bits per heavy atom. The third kappa shape index (κ3) is 10.7. The number of nitrogens with two attached hydrogens (primary N) is 3. The summed E-state index contributed by atoms with van der Waals surface area (Å²) in [6, 6.07) is 13.2. The van der Waals surface area contributed by atoms with Gasteiger partial charge in [-0.3, -0.25) is 19.9 Å². The van der Waals surface area contributed by atoms with Crippen molar-refractivity contribution >= 4 is 47.2 Å². The molecule has 43 heavy (non-hydrogen) atoms. The molecule has 0 spiro atoms. The fourth-order valence-electron chi connectivity index (χ4n) is 4.21. The quantitative estimate of drug-likeness (QED) is 0.0387. The SMILES string of the molecule is NC(=NCCCCc1ccc(CCCCNCC(O)c2ccc(O)c(NC=O)c2)cc1)NC(=O)c1nc(Cl)c(N)nc1N. The third-order valence-corrected chi connectivity index (χ3v) is 6.84.